The normalized spacial score (nSPS) is 21.1. The minimum atomic E-state index is -1.06. The number of amides is 11. The zero-order valence-electron chi connectivity index (χ0n) is 79.5. The van der Waals surface area contributed by atoms with Gasteiger partial charge in [-0.3, -0.25) is 73.0 Å². The summed E-state index contributed by atoms with van der Waals surface area (Å²) in [6.07, 6.45) is 29.8. The summed E-state index contributed by atoms with van der Waals surface area (Å²) in [7, 11) is 1.61. The lowest BCUT2D eigenvalue weighted by atomic mass is 9.86. The molecule has 12 aliphatic rings. The van der Waals surface area contributed by atoms with Gasteiger partial charge in [0.05, 0.1) is 76.0 Å². The molecule has 30 nitrogen and oxygen atoms in total. The Kier molecular flexibility index (Phi) is 26.4. The van der Waals surface area contributed by atoms with Gasteiger partial charge in [0.2, 0.25) is 5.69 Å². The second-order valence-corrected chi connectivity index (χ2v) is 38.7. The summed E-state index contributed by atoms with van der Waals surface area (Å²) in [5.74, 6) is -0.482. The molecule has 10 aliphatic heterocycles. The molecule has 25 rings (SSSR count). The van der Waals surface area contributed by atoms with Crippen LogP contribution in [0, 0.1) is 5.21 Å². The molecule has 7 aromatic heterocycles. The average Bonchev–Trinajstić information content (AvgIpc) is 1.66. The summed E-state index contributed by atoms with van der Waals surface area (Å²) in [6.45, 7) is 4.92. The molecule has 0 saturated carbocycles. The minimum absolute atomic E-state index is 0.0571. The van der Waals surface area contributed by atoms with Crippen molar-refractivity contribution in [3.8, 4) is 5.75 Å². The number of carbonyl (C=O) groups is 10. The van der Waals surface area contributed by atoms with Gasteiger partial charge in [-0.1, -0.05) is 174 Å². The maximum Gasteiger partial charge on any atom is 0.319 e. The number of rotatable bonds is 13. The van der Waals surface area contributed by atoms with Gasteiger partial charge in [-0.05, 0) is 186 Å². The standard InChI is InChI=1S/C25H23ClN4O2.C22H17ClN4O2.C22H18ClN3O3.C22H18ClN3O2.C22H19N3O4/c26-20-10-8-19(9-11-20)25-17-22-21(7-4-13-27-22)23(31)29(25)15-16-30(25)24(32)28-14-12-18-5-2-1-3-6-18;23-17-7-5-16(6-8-17)22-13-19-18(4-2-10-25-19)21(29)27(22)12-11-26(22)20(28)15-3-1-9-24-14-15;23-17-9-7-16(8-10-17)22-14-19-18(6-3-11-26(19)29)21(28)25(22)13-12-24(22)20(27)15-4-1-2-5-15;23-17-9-7-16(8-10-17)22-14-19-18(6-3-11-24-19)21(28)26(22)13-12-25(22)20(27)15-4-1-2-5-15;1-28-17-6-4-16(5-7-17)22-13-19-18(3-2-9-23-19)21(27)25(22)11-10-24(22)20(26)15-8-12-29-14-15/h1-11,13H,12,14-17H2,(H,28,32);1-10,14H,11-13H2;1,3-11H,2,12-14H2;1,3-11H,2,12-14H2;2-9,12,14H,10-11,13H2,1H3. The van der Waals surface area contributed by atoms with Gasteiger partial charge < -0.3 is 63.8 Å². The molecule has 5 fully saturated rings. The van der Waals surface area contributed by atoms with E-state index < -0.39 is 28.3 Å². The smallest absolute Gasteiger partial charge is 0.319 e. The van der Waals surface area contributed by atoms with Gasteiger partial charge in [0.1, 0.15) is 34.6 Å². The van der Waals surface area contributed by atoms with Crippen molar-refractivity contribution in [1.82, 2.24) is 79.2 Å². The minimum Gasteiger partial charge on any atom is -0.618 e. The highest BCUT2D eigenvalue weighted by Crippen LogP contribution is 2.52. The van der Waals surface area contributed by atoms with Crippen molar-refractivity contribution < 1.29 is 61.8 Å². The molecule has 2 aliphatic carbocycles. The van der Waals surface area contributed by atoms with Crippen LogP contribution >= 0.6 is 46.4 Å². The highest BCUT2D eigenvalue weighted by atomic mass is 35.5. The largest absolute Gasteiger partial charge is 0.618 e. The molecule has 5 unspecified atom stereocenters. The number of carbonyl (C=O) groups excluding carboxylic acids is 10. The number of nitrogens with one attached hydrogen (secondary N) is 1. The van der Waals surface area contributed by atoms with Crippen LogP contribution in [0.3, 0.4) is 0 Å². The van der Waals surface area contributed by atoms with E-state index in [2.05, 4.69) is 30.2 Å². The first kappa shape index (κ1) is 96.8. The summed E-state index contributed by atoms with van der Waals surface area (Å²) in [6, 6.07) is 69.3. The van der Waals surface area contributed by atoms with Crippen molar-refractivity contribution in [2.45, 2.75) is 79.7 Å². The molecule has 34 heteroatoms. The fraction of sp³-hybridized carbons (Fsp3) is 0.221. The zero-order chi connectivity index (χ0) is 102. The van der Waals surface area contributed by atoms with E-state index in [9.17, 15) is 53.2 Å². The number of nitrogens with zero attached hydrogens (tertiary/aromatic N) is 16. The molecule has 13 aromatic rings. The van der Waals surface area contributed by atoms with E-state index in [0.29, 0.717) is 202 Å². The lowest BCUT2D eigenvalue weighted by Crippen LogP contribution is -2.60. The van der Waals surface area contributed by atoms with Crippen LogP contribution < -0.4 is 14.8 Å². The number of fused-ring (bicyclic) bond motifs is 10. The van der Waals surface area contributed by atoms with E-state index in [1.54, 1.807) is 205 Å². The molecule has 11 amide bonds. The summed E-state index contributed by atoms with van der Waals surface area (Å²) in [5, 5.41) is 18.0. The molecule has 5 atom stereocenters. The van der Waals surface area contributed by atoms with Crippen molar-refractivity contribution in [1.29, 1.82) is 0 Å². The third-order valence-corrected chi connectivity index (χ3v) is 30.5. The van der Waals surface area contributed by atoms with Crippen LogP contribution in [-0.4, -0.2) is 212 Å². The predicted molar refractivity (Wildman–Crippen MR) is 546 cm³/mol. The van der Waals surface area contributed by atoms with Crippen LogP contribution in [0.4, 0.5) is 4.79 Å². The Labute approximate surface area is 865 Å². The molecule has 0 radical (unpaired) electrons. The number of methoxy groups -OCH3 is 1. The molecule has 0 spiro atoms. The van der Waals surface area contributed by atoms with Gasteiger partial charge in [-0.25, -0.2) is 4.79 Å². The summed E-state index contributed by atoms with van der Waals surface area (Å²) >= 11 is 24.5. The maximum atomic E-state index is 13.5. The van der Waals surface area contributed by atoms with Gasteiger partial charge in [0, 0.05) is 172 Å². The number of urea groups is 1. The molecule has 5 saturated heterocycles. The fourth-order valence-electron chi connectivity index (χ4n) is 22.7. The van der Waals surface area contributed by atoms with Crippen LogP contribution in [0.15, 0.2) is 338 Å². The van der Waals surface area contributed by atoms with Crippen LogP contribution in [0.5, 0.6) is 5.75 Å². The monoisotopic (exact) mass is 2040 g/mol. The Morgan fingerprint density at radius 2 is 0.741 bits per heavy atom. The van der Waals surface area contributed by atoms with E-state index in [-0.39, 0.29) is 65.6 Å². The van der Waals surface area contributed by atoms with Crippen molar-refractivity contribution in [2.75, 3.05) is 79.1 Å². The number of hydrogen-bond donors (Lipinski definition) is 1. The number of pyridine rings is 6. The van der Waals surface area contributed by atoms with Crippen molar-refractivity contribution >= 4 is 106 Å². The zero-order valence-corrected chi connectivity index (χ0v) is 82.5. The van der Waals surface area contributed by atoms with E-state index in [1.807, 2.05) is 155 Å². The Morgan fingerprint density at radius 1 is 0.388 bits per heavy atom. The molecule has 738 valence electrons. The molecule has 1 N–H and O–H groups in total. The highest BCUT2D eigenvalue weighted by Gasteiger charge is 2.63. The van der Waals surface area contributed by atoms with Crippen LogP contribution in [0.1, 0.15) is 147 Å². The maximum absolute atomic E-state index is 13.5. The lowest BCUT2D eigenvalue weighted by Gasteiger charge is -2.47. The number of benzene rings is 6. The first-order valence-corrected chi connectivity index (χ1v) is 49.8. The van der Waals surface area contributed by atoms with E-state index in [1.165, 1.54) is 18.7 Å². The van der Waals surface area contributed by atoms with Gasteiger partial charge in [0.15, 0.2) is 17.5 Å². The quantitative estimate of drug-likeness (QED) is 0.0827. The topological polar surface area (TPSA) is 329 Å². The third-order valence-electron chi connectivity index (χ3n) is 29.5. The molecular formula is C113H95Cl4N17O13. The van der Waals surface area contributed by atoms with E-state index in [0.717, 1.165) is 57.4 Å². The van der Waals surface area contributed by atoms with Gasteiger partial charge in [0.25, 0.3) is 53.2 Å². The molecule has 17 heterocycles. The fourth-order valence-corrected chi connectivity index (χ4v) is 23.2. The molecule has 0 bridgehead atoms. The van der Waals surface area contributed by atoms with Crippen LogP contribution in [0.25, 0.3) is 0 Å². The first-order chi connectivity index (χ1) is 71.5. The van der Waals surface area contributed by atoms with Crippen molar-refractivity contribution in [3.63, 3.8) is 0 Å². The summed E-state index contributed by atoms with van der Waals surface area (Å²) < 4.78 is 11.1. The van der Waals surface area contributed by atoms with Crippen molar-refractivity contribution in [2.24, 2.45) is 0 Å². The Bertz CT molecular complexity index is 7460. The second kappa shape index (κ2) is 40.0. The van der Waals surface area contributed by atoms with Gasteiger partial charge in [-0.2, -0.15) is 4.73 Å². The number of aromatic nitrogens is 6. The average molecular weight is 2040 g/mol. The lowest BCUT2D eigenvalue weighted by molar-refractivity contribution is -0.615. The Hall–Kier alpha value is -16.3. The molecule has 6 aromatic carbocycles. The van der Waals surface area contributed by atoms with E-state index in [4.69, 9.17) is 55.6 Å². The second-order valence-electron chi connectivity index (χ2n) is 37.0. The third kappa shape index (κ3) is 17.0. The van der Waals surface area contributed by atoms with Gasteiger partial charge in [-0.15, -0.1) is 0 Å². The predicted octanol–water partition coefficient (Wildman–Crippen LogP) is 15.5. The van der Waals surface area contributed by atoms with Crippen LogP contribution in [0.2, 0.25) is 20.1 Å². The number of furan rings is 1. The summed E-state index contributed by atoms with van der Waals surface area (Å²) in [5.41, 5.74) is 8.74. The highest BCUT2D eigenvalue weighted by molar-refractivity contribution is 6.31. The number of ether oxygens (including phenoxy) is 1. The molecular weight excluding hydrogens is 1950 g/mol. The number of hydrogen-bond acceptors (Lipinski definition) is 18. The first-order valence-electron chi connectivity index (χ1n) is 48.3. The number of halogens is 4. The Balaban J connectivity index is 0.000000108. The molecule has 147 heavy (non-hydrogen) atoms. The van der Waals surface area contributed by atoms with E-state index >= 15 is 0 Å². The Morgan fingerprint density at radius 3 is 1.11 bits per heavy atom. The van der Waals surface area contributed by atoms with Gasteiger partial charge >= 0.3 is 6.03 Å². The number of allylic oxidation sites excluding steroid dienone is 4. The van der Waals surface area contributed by atoms with Crippen molar-refractivity contribution in [3.05, 3.63) is 460 Å². The van der Waals surface area contributed by atoms with Crippen LogP contribution in [-0.2, 0) is 76.4 Å². The SMILES string of the molecule is COc1ccc(C23Cc4ncccc4C(=O)N2CCN3C(=O)c2ccoc2)cc1.O=C(C1=CCC=C1)N1CCN2C(=O)c3ccc[n+]([O-])c3CC12c1ccc(Cl)cc1.O=C(C1=CCC=C1)N1CCN2C(=O)c3cccnc3CC12c1ccc(Cl)cc1.O=C(NCCc1ccccc1)N1CCN2C(=O)c3cccnc3CC12c1ccc(Cl)cc1.O=C(c1cccnc1)N1CCN2C(=O)c3cccnc3CC12c1ccc(Cl)cc1. The summed E-state index contributed by atoms with van der Waals surface area (Å²) in [4.78, 5) is 174.